The molecule has 2 saturated heterocycles. The number of nitrogens with zero attached hydrogens (tertiary/aromatic N) is 1. The van der Waals surface area contributed by atoms with Gasteiger partial charge in [-0.2, -0.15) is 0 Å². The van der Waals surface area contributed by atoms with E-state index in [0.29, 0.717) is 18.0 Å². The van der Waals surface area contributed by atoms with Gasteiger partial charge < -0.3 is 26.0 Å². The summed E-state index contributed by atoms with van der Waals surface area (Å²) in [5.41, 5.74) is 9.81. The molecule has 1 aliphatic carbocycles. The van der Waals surface area contributed by atoms with Gasteiger partial charge in [0.1, 0.15) is 11.8 Å². The van der Waals surface area contributed by atoms with E-state index >= 15 is 0 Å². The molecule has 3 aliphatic rings. The van der Waals surface area contributed by atoms with Crippen LogP contribution in [0, 0.1) is 5.92 Å². The van der Waals surface area contributed by atoms with Crippen molar-refractivity contribution in [3.05, 3.63) is 83.9 Å². The van der Waals surface area contributed by atoms with Crippen molar-refractivity contribution in [3.63, 3.8) is 0 Å². The van der Waals surface area contributed by atoms with Gasteiger partial charge in [0.25, 0.3) is 5.91 Å². The number of carbonyl (C=O) groups is 2. The van der Waals surface area contributed by atoms with Crippen LogP contribution in [0.5, 0.6) is 5.75 Å². The van der Waals surface area contributed by atoms with Crippen molar-refractivity contribution >= 4 is 28.9 Å². The Morgan fingerprint density at radius 3 is 2.47 bits per heavy atom. The Labute approximate surface area is 211 Å². The standard InChI is InChI=1S/C29H32N4O3/c1-36-26-17-23(12-15-25(26)33-24-13-10-21(11-14-24)29(33)35)32-28(34)27(20-7-3-2-4-8-20)31-22-9-5-6-19(16-22)18-30/h2-9,12,15-17,21,24,27,31H,10-11,13-14,18,30H2,1H3,(H,32,34)/t21?,24?,27-/m0/s1. The average molecular weight is 485 g/mol. The van der Waals surface area contributed by atoms with Gasteiger partial charge in [-0.05, 0) is 61.1 Å². The number of methoxy groups -OCH3 is 1. The van der Waals surface area contributed by atoms with E-state index in [1.54, 1.807) is 13.2 Å². The lowest BCUT2D eigenvalue weighted by atomic mass is 9.79. The van der Waals surface area contributed by atoms with E-state index in [-0.39, 0.29) is 23.8 Å². The van der Waals surface area contributed by atoms with Crippen LogP contribution in [0.3, 0.4) is 0 Å². The second-order valence-corrected chi connectivity index (χ2v) is 9.48. The second-order valence-electron chi connectivity index (χ2n) is 9.48. The summed E-state index contributed by atoms with van der Waals surface area (Å²) in [5.74, 6) is 0.658. The molecule has 7 nitrogen and oxygen atoms in total. The van der Waals surface area contributed by atoms with Gasteiger partial charge >= 0.3 is 0 Å². The van der Waals surface area contributed by atoms with Crippen LogP contribution in [-0.2, 0) is 16.1 Å². The van der Waals surface area contributed by atoms with Crippen LogP contribution in [0.1, 0.15) is 42.9 Å². The minimum absolute atomic E-state index is 0.106. The maximum atomic E-state index is 13.5. The van der Waals surface area contributed by atoms with Crippen LogP contribution in [-0.4, -0.2) is 25.0 Å². The molecule has 2 heterocycles. The predicted molar refractivity (Wildman–Crippen MR) is 142 cm³/mol. The van der Waals surface area contributed by atoms with Crippen molar-refractivity contribution in [1.29, 1.82) is 0 Å². The summed E-state index contributed by atoms with van der Waals surface area (Å²) in [7, 11) is 1.59. The molecule has 0 radical (unpaired) electrons. The number of fused-ring (bicyclic) bond motifs is 3. The molecule has 3 aromatic carbocycles. The van der Waals surface area contributed by atoms with Crippen LogP contribution < -0.4 is 26.0 Å². The van der Waals surface area contributed by atoms with Gasteiger partial charge in [-0.3, -0.25) is 9.59 Å². The van der Waals surface area contributed by atoms with Crippen LogP contribution in [0.2, 0.25) is 0 Å². The zero-order valence-corrected chi connectivity index (χ0v) is 20.4. The van der Waals surface area contributed by atoms with E-state index in [1.165, 1.54) is 0 Å². The van der Waals surface area contributed by atoms with Gasteiger partial charge in [0.2, 0.25) is 5.91 Å². The smallest absolute Gasteiger partial charge is 0.251 e. The van der Waals surface area contributed by atoms with Crippen LogP contribution in [0.25, 0.3) is 0 Å². The number of carbonyl (C=O) groups excluding carboxylic acids is 2. The molecule has 0 aromatic heterocycles. The Morgan fingerprint density at radius 2 is 1.78 bits per heavy atom. The Balaban J connectivity index is 1.39. The summed E-state index contributed by atoms with van der Waals surface area (Å²) >= 11 is 0. The van der Waals surface area contributed by atoms with Crippen LogP contribution >= 0.6 is 0 Å². The lowest BCUT2D eigenvalue weighted by Gasteiger charge is -2.45. The Bertz CT molecular complexity index is 1240. The molecule has 3 fully saturated rings. The number of ether oxygens (including phenoxy) is 1. The number of amides is 2. The Hall–Kier alpha value is -3.84. The Morgan fingerprint density at radius 1 is 1.00 bits per heavy atom. The molecule has 2 aliphatic heterocycles. The second kappa shape index (κ2) is 10.4. The molecule has 6 rings (SSSR count). The highest BCUT2D eigenvalue weighted by Crippen LogP contribution is 2.42. The highest BCUT2D eigenvalue weighted by atomic mass is 16.5. The minimum Gasteiger partial charge on any atom is -0.494 e. The first-order valence-corrected chi connectivity index (χ1v) is 12.5. The molecule has 3 aromatic rings. The lowest BCUT2D eigenvalue weighted by Crippen LogP contribution is -2.52. The highest BCUT2D eigenvalue weighted by molar-refractivity contribution is 6.00. The third-order valence-corrected chi connectivity index (χ3v) is 7.22. The first kappa shape index (κ1) is 23.9. The molecular formula is C29H32N4O3. The summed E-state index contributed by atoms with van der Waals surface area (Å²) in [5, 5.41) is 6.38. The summed E-state index contributed by atoms with van der Waals surface area (Å²) in [6, 6.07) is 22.4. The van der Waals surface area contributed by atoms with Crippen molar-refractivity contribution in [2.75, 3.05) is 22.6 Å². The molecule has 4 N–H and O–H groups in total. The van der Waals surface area contributed by atoms with Gasteiger partial charge in [-0.15, -0.1) is 0 Å². The fourth-order valence-corrected chi connectivity index (χ4v) is 5.34. The Kier molecular flexibility index (Phi) is 6.91. The molecule has 0 spiro atoms. The van der Waals surface area contributed by atoms with E-state index < -0.39 is 6.04 Å². The first-order chi connectivity index (χ1) is 17.6. The summed E-state index contributed by atoms with van der Waals surface area (Å²) in [6.07, 6.45) is 3.98. The summed E-state index contributed by atoms with van der Waals surface area (Å²) in [6.45, 7) is 0.422. The van der Waals surface area contributed by atoms with Crippen molar-refractivity contribution in [2.24, 2.45) is 11.7 Å². The summed E-state index contributed by atoms with van der Waals surface area (Å²) < 4.78 is 5.67. The largest absolute Gasteiger partial charge is 0.494 e. The van der Waals surface area contributed by atoms with E-state index in [0.717, 1.165) is 48.2 Å². The lowest BCUT2D eigenvalue weighted by molar-refractivity contribution is -0.127. The number of nitrogens with one attached hydrogen (secondary N) is 2. The first-order valence-electron chi connectivity index (χ1n) is 12.5. The minimum atomic E-state index is -0.621. The number of hydrogen-bond acceptors (Lipinski definition) is 5. The normalized spacial score (nSPS) is 19.6. The van der Waals surface area contributed by atoms with Gasteiger partial charge in [0.05, 0.1) is 12.8 Å². The number of anilines is 3. The maximum Gasteiger partial charge on any atom is 0.251 e. The molecule has 186 valence electrons. The van der Waals surface area contributed by atoms with Crippen molar-refractivity contribution in [2.45, 2.75) is 44.3 Å². The van der Waals surface area contributed by atoms with Crippen molar-refractivity contribution in [1.82, 2.24) is 0 Å². The van der Waals surface area contributed by atoms with Gasteiger partial charge in [-0.25, -0.2) is 0 Å². The maximum absolute atomic E-state index is 13.5. The third-order valence-electron chi connectivity index (χ3n) is 7.22. The van der Waals surface area contributed by atoms with E-state index in [1.807, 2.05) is 71.6 Å². The van der Waals surface area contributed by atoms with E-state index in [4.69, 9.17) is 10.5 Å². The monoisotopic (exact) mass is 484 g/mol. The number of piperidine rings is 2. The van der Waals surface area contributed by atoms with Crippen LogP contribution in [0.4, 0.5) is 17.1 Å². The fraction of sp³-hybridized carbons (Fsp3) is 0.310. The number of rotatable bonds is 8. The number of hydrogen-bond donors (Lipinski definition) is 3. The average Bonchev–Trinajstić information content (AvgIpc) is 2.93. The zero-order chi connectivity index (χ0) is 25.1. The van der Waals surface area contributed by atoms with Crippen molar-refractivity contribution in [3.8, 4) is 5.75 Å². The van der Waals surface area contributed by atoms with Gasteiger partial charge in [0, 0.05) is 35.9 Å². The quantitative estimate of drug-likeness (QED) is 0.425. The van der Waals surface area contributed by atoms with Gasteiger partial charge in [0.15, 0.2) is 0 Å². The number of nitrogens with two attached hydrogens (primary N) is 1. The van der Waals surface area contributed by atoms with E-state index in [9.17, 15) is 9.59 Å². The van der Waals surface area contributed by atoms with Gasteiger partial charge in [-0.1, -0.05) is 42.5 Å². The molecule has 0 unspecified atom stereocenters. The zero-order valence-electron chi connectivity index (χ0n) is 20.4. The van der Waals surface area contributed by atoms with Crippen LogP contribution in [0.15, 0.2) is 72.8 Å². The molecule has 1 saturated carbocycles. The fourth-order valence-electron chi connectivity index (χ4n) is 5.34. The number of benzene rings is 3. The third kappa shape index (κ3) is 4.79. The molecule has 2 amide bonds. The molecule has 2 bridgehead atoms. The molecular weight excluding hydrogens is 452 g/mol. The SMILES string of the molecule is COc1cc(NC(=O)[C@@H](Nc2cccc(CN)c2)c2ccccc2)ccc1N1C(=O)C2CCC1CC2. The van der Waals surface area contributed by atoms with Crippen molar-refractivity contribution < 1.29 is 14.3 Å². The highest BCUT2D eigenvalue weighted by Gasteiger charge is 2.41. The van der Waals surface area contributed by atoms with E-state index in [2.05, 4.69) is 10.6 Å². The topological polar surface area (TPSA) is 96.7 Å². The molecule has 36 heavy (non-hydrogen) atoms. The molecule has 7 heteroatoms. The molecule has 1 atom stereocenters. The summed E-state index contributed by atoms with van der Waals surface area (Å²) in [4.78, 5) is 28.4. The predicted octanol–water partition coefficient (Wildman–Crippen LogP) is 4.85.